The Labute approximate surface area is 119 Å². The minimum atomic E-state index is -3.79. The molecule has 19 heavy (non-hydrogen) atoms. The van der Waals surface area contributed by atoms with Crippen molar-refractivity contribution in [2.45, 2.75) is 23.8 Å². The van der Waals surface area contributed by atoms with Crippen molar-refractivity contribution in [3.05, 3.63) is 22.4 Å². The molecule has 1 aliphatic carbocycles. The van der Waals surface area contributed by atoms with Crippen LogP contribution in [-0.4, -0.2) is 37.0 Å². The fraction of sp³-hybridized carbons (Fsp3) is 0.455. The molecule has 1 fully saturated rings. The zero-order valence-electron chi connectivity index (χ0n) is 10.0. The second-order valence-corrected chi connectivity index (χ2v) is 7.09. The van der Waals surface area contributed by atoms with Gasteiger partial charge in [0.1, 0.15) is 5.82 Å². The Bertz CT molecular complexity index is 590. The molecule has 2 rings (SSSR count). The van der Waals surface area contributed by atoms with Crippen molar-refractivity contribution in [2.75, 3.05) is 18.9 Å². The van der Waals surface area contributed by atoms with Crippen molar-refractivity contribution < 1.29 is 17.9 Å². The molecule has 106 valence electrons. The van der Waals surface area contributed by atoms with Crippen molar-refractivity contribution in [3.8, 4) is 0 Å². The quantitative estimate of drug-likeness (QED) is 0.782. The lowest BCUT2D eigenvalue weighted by Gasteiger charge is -2.21. The third-order valence-electron chi connectivity index (χ3n) is 2.91. The average molecular weight is 353 g/mol. The molecule has 1 aliphatic rings. The predicted octanol–water partition coefficient (Wildman–Crippen LogP) is 1.32. The first-order valence-electron chi connectivity index (χ1n) is 5.75. The highest BCUT2D eigenvalue weighted by Gasteiger charge is 2.38. The molecular formula is C11H14BrFN2O3S. The zero-order chi connectivity index (χ0) is 14.2. The molecular weight excluding hydrogens is 339 g/mol. The van der Waals surface area contributed by atoms with Gasteiger partial charge in [-0.25, -0.2) is 12.8 Å². The lowest BCUT2D eigenvalue weighted by Crippen LogP contribution is -2.35. The number of sulfonamides is 1. The van der Waals surface area contributed by atoms with Crippen LogP contribution in [0.2, 0.25) is 0 Å². The minimum Gasteiger partial charge on any atom is -0.396 e. The molecule has 0 radical (unpaired) electrons. The minimum absolute atomic E-state index is 0.0245. The highest BCUT2D eigenvalue weighted by Crippen LogP contribution is 2.35. The van der Waals surface area contributed by atoms with Gasteiger partial charge < -0.3 is 10.8 Å². The number of hydrogen-bond acceptors (Lipinski definition) is 4. The second kappa shape index (κ2) is 5.35. The van der Waals surface area contributed by atoms with E-state index in [0.717, 1.165) is 25.0 Å². The highest BCUT2D eigenvalue weighted by atomic mass is 79.9. The van der Waals surface area contributed by atoms with E-state index in [1.165, 1.54) is 4.31 Å². The third kappa shape index (κ3) is 2.91. The summed E-state index contributed by atoms with van der Waals surface area (Å²) in [7, 11) is -3.79. The van der Waals surface area contributed by atoms with E-state index in [4.69, 9.17) is 10.8 Å². The highest BCUT2D eigenvalue weighted by molar-refractivity contribution is 9.10. The molecule has 0 aromatic heterocycles. The van der Waals surface area contributed by atoms with Crippen LogP contribution in [0.5, 0.6) is 0 Å². The number of hydrogen-bond donors (Lipinski definition) is 2. The van der Waals surface area contributed by atoms with E-state index in [1.54, 1.807) is 0 Å². The molecule has 3 N–H and O–H groups in total. The molecule has 0 spiro atoms. The second-order valence-electron chi connectivity index (χ2n) is 4.37. The normalized spacial score (nSPS) is 16.0. The summed E-state index contributed by atoms with van der Waals surface area (Å²) in [6.45, 7) is -0.235. The summed E-state index contributed by atoms with van der Waals surface area (Å²) in [5.41, 5.74) is 5.20. The number of benzene rings is 1. The summed E-state index contributed by atoms with van der Waals surface area (Å²) in [6.07, 6.45) is 1.54. The number of nitrogen functional groups attached to an aromatic ring is 1. The van der Waals surface area contributed by atoms with Crippen LogP contribution in [0.15, 0.2) is 21.5 Å². The van der Waals surface area contributed by atoms with Crippen molar-refractivity contribution in [2.24, 2.45) is 0 Å². The van der Waals surface area contributed by atoms with Crippen molar-refractivity contribution >= 4 is 31.6 Å². The van der Waals surface area contributed by atoms with Gasteiger partial charge in [-0.2, -0.15) is 4.31 Å². The fourth-order valence-electron chi connectivity index (χ4n) is 1.83. The van der Waals surface area contributed by atoms with E-state index < -0.39 is 15.8 Å². The van der Waals surface area contributed by atoms with Gasteiger partial charge in [0.05, 0.1) is 17.2 Å². The van der Waals surface area contributed by atoms with E-state index in [1.807, 2.05) is 0 Å². The largest absolute Gasteiger partial charge is 0.396 e. The Morgan fingerprint density at radius 2 is 2.11 bits per heavy atom. The number of rotatable bonds is 5. The van der Waals surface area contributed by atoms with Crippen LogP contribution < -0.4 is 5.73 Å². The van der Waals surface area contributed by atoms with E-state index in [9.17, 15) is 12.8 Å². The van der Waals surface area contributed by atoms with Gasteiger partial charge in [0.25, 0.3) is 0 Å². The van der Waals surface area contributed by atoms with E-state index >= 15 is 0 Å². The lowest BCUT2D eigenvalue weighted by molar-refractivity contribution is 0.250. The van der Waals surface area contributed by atoms with Gasteiger partial charge in [-0.3, -0.25) is 0 Å². The zero-order valence-corrected chi connectivity index (χ0v) is 12.4. The monoisotopic (exact) mass is 352 g/mol. The van der Waals surface area contributed by atoms with Gasteiger partial charge in [0, 0.05) is 17.1 Å². The Hall–Kier alpha value is -0.700. The molecule has 0 atom stereocenters. The molecule has 0 aliphatic heterocycles. The van der Waals surface area contributed by atoms with Crippen LogP contribution in [0.3, 0.4) is 0 Å². The number of aliphatic hydroxyl groups excluding tert-OH is 1. The van der Waals surface area contributed by atoms with Crippen molar-refractivity contribution in [3.63, 3.8) is 0 Å². The van der Waals surface area contributed by atoms with Crippen molar-refractivity contribution in [1.82, 2.24) is 4.31 Å². The van der Waals surface area contributed by atoms with Crippen molar-refractivity contribution in [1.29, 1.82) is 0 Å². The summed E-state index contributed by atoms with van der Waals surface area (Å²) >= 11 is 3.04. The van der Waals surface area contributed by atoms with Gasteiger partial charge in [0.2, 0.25) is 10.0 Å². The molecule has 1 aromatic rings. The summed E-state index contributed by atoms with van der Waals surface area (Å²) < 4.78 is 39.6. The third-order valence-corrected chi connectivity index (χ3v) is 5.82. The molecule has 0 bridgehead atoms. The Morgan fingerprint density at radius 3 is 2.63 bits per heavy atom. The molecule has 5 nitrogen and oxygen atoms in total. The number of aliphatic hydroxyl groups is 1. The molecule has 0 unspecified atom stereocenters. The standard InChI is InChI=1S/C11H14BrFN2O3S/c12-8-5-9(13)10(14)6-11(8)19(17,18)15(3-4-16)7-1-2-7/h5-7,16H,1-4,14H2. The molecule has 0 heterocycles. The number of nitrogens with two attached hydrogens (primary N) is 1. The maximum Gasteiger partial charge on any atom is 0.244 e. The van der Waals surface area contributed by atoms with E-state index in [0.29, 0.717) is 0 Å². The molecule has 0 saturated heterocycles. The van der Waals surface area contributed by atoms with Crippen LogP contribution in [-0.2, 0) is 10.0 Å². The van der Waals surface area contributed by atoms with Crippen LogP contribution in [0.25, 0.3) is 0 Å². The van der Waals surface area contributed by atoms with E-state index in [-0.39, 0.29) is 34.2 Å². The fourth-order valence-corrected chi connectivity index (χ4v) is 4.52. The molecule has 0 amide bonds. The van der Waals surface area contributed by atoms with Gasteiger partial charge in [-0.15, -0.1) is 0 Å². The molecule has 1 saturated carbocycles. The Morgan fingerprint density at radius 1 is 1.47 bits per heavy atom. The van der Waals surface area contributed by atoms with Gasteiger partial charge in [-0.05, 0) is 40.9 Å². The van der Waals surface area contributed by atoms with Crippen LogP contribution in [0, 0.1) is 5.82 Å². The average Bonchev–Trinajstić information content (AvgIpc) is 3.14. The first kappa shape index (κ1) is 14.7. The topological polar surface area (TPSA) is 83.6 Å². The summed E-state index contributed by atoms with van der Waals surface area (Å²) in [5.74, 6) is -0.675. The molecule has 8 heteroatoms. The number of anilines is 1. The maximum absolute atomic E-state index is 13.3. The smallest absolute Gasteiger partial charge is 0.244 e. The Balaban J connectivity index is 2.46. The first-order chi connectivity index (χ1) is 8.87. The summed E-state index contributed by atoms with van der Waals surface area (Å²) in [6, 6.07) is 2.05. The Kier molecular flexibility index (Phi) is 4.14. The van der Waals surface area contributed by atoms with Crippen LogP contribution in [0.4, 0.5) is 10.1 Å². The van der Waals surface area contributed by atoms with Crippen LogP contribution in [0.1, 0.15) is 12.8 Å². The molecule has 1 aromatic carbocycles. The predicted molar refractivity (Wildman–Crippen MR) is 72.5 cm³/mol. The lowest BCUT2D eigenvalue weighted by atomic mass is 10.3. The number of nitrogens with zero attached hydrogens (tertiary/aromatic N) is 1. The van der Waals surface area contributed by atoms with Gasteiger partial charge in [-0.1, -0.05) is 0 Å². The number of halogens is 2. The van der Waals surface area contributed by atoms with Gasteiger partial charge in [0.15, 0.2) is 0 Å². The van der Waals surface area contributed by atoms with E-state index in [2.05, 4.69) is 15.9 Å². The van der Waals surface area contributed by atoms with Crippen LogP contribution >= 0.6 is 15.9 Å². The van der Waals surface area contributed by atoms with Gasteiger partial charge >= 0.3 is 0 Å². The summed E-state index contributed by atoms with van der Waals surface area (Å²) in [5, 5.41) is 8.99. The first-order valence-corrected chi connectivity index (χ1v) is 7.98. The maximum atomic E-state index is 13.3. The summed E-state index contributed by atoms with van der Waals surface area (Å²) in [4.78, 5) is -0.0771. The SMILES string of the molecule is Nc1cc(S(=O)(=O)N(CCO)C2CC2)c(Br)cc1F.